The fraction of sp³-hybridized carbons (Fsp3) is 0.400. The lowest BCUT2D eigenvalue weighted by Gasteiger charge is -2.08. The molecule has 1 rings (SSSR count). The fourth-order valence-electron chi connectivity index (χ4n) is 1.23. The topological polar surface area (TPSA) is 63.2 Å². The van der Waals surface area contributed by atoms with E-state index in [1.807, 2.05) is 0 Å². The summed E-state index contributed by atoms with van der Waals surface area (Å²) in [6.45, 7) is 1.27. The molecule has 0 fully saturated rings. The third-order valence-electron chi connectivity index (χ3n) is 2.18. The predicted molar refractivity (Wildman–Crippen MR) is 65.2 cm³/mol. The summed E-state index contributed by atoms with van der Waals surface area (Å²) in [4.78, 5) is -0.608. The lowest BCUT2D eigenvalue weighted by molar-refractivity contribution is 0.541. The number of hydrogen-bond donors (Lipinski definition) is 1. The highest BCUT2D eigenvalue weighted by Gasteiger charge is 2.20. The second-order valence-corrected chi connectivity index (χ2v) is 7.00. The molecular weight excluding hydrogens is 284 g/mol. The Morgan fingerprint density at radius 1 is 1.28 bits per heavy atom. The van der Waals surface area contributed by atoms with E-state index in [9.17, 15) is 21.4 Å². The van der Waals surface area contributed by atoms with Gasteiger partial charge in [-0.3, -0.25) is 4.21 Å². The lowest BCUT2D eigenvalue weighted by atomic mass is 10.2. The Kier molecular flexibility index (Phi) is 4.94. The largest absolute Gasteiger partial charge is 0.260 e. The Balaban J connectivity index is 2.98. The average Bonchev–Trinajstić information content (AvgIpc) is 2.22. The van der Waals surface area contributed by atoms with Gasteiger partial charge in [0.25, 0.3) is 0 Å². The molecule has 0 amide bonds. The maximum atomic E-state index is 13.4. The van der Waals surface area contributed by atoms with Crippen LogP contribution in [0.5, 0.6) is 0 Å². The summed E-state index contributed by atoms with van der Waals surface area (Å²) in [6.07, 6.45) is 1.43. The number of hydrogen-bond acceptors (Lipinski definition) is 3. The standard InChI is InChI=1S/C10H13F2NO3S2/c1-7-5-10(9(12)6-8(7)11)18(15,16)13-3-4-17(2)14/h5-6,13H,3-4H2,1-2H3/t17-/m1/s1. The Morgan fingerprint density at radius 3 is 2.44 bits per heavy atom. The van der Waals surface area contributed by atoms with Gasteiger partial charge in [-0.1, -0.05) is 0 Å². The summed E-state index contributed by atoms with van der Waals surface area (Å²) in [6, 6.07) is 1.46. The molecule has 1 N–H and O–H groups in total. The molecular formula is C10H13F2NO3S2. The molecule has 1 aromatic rings. The van der Waals surface area contributed by atoms with Crippen LogP contribution >= 0.6 is 0 Å². The van der Waals surface area contributed by atoms with E-state index >= 15 is 0 Å². The van der Waals surface area contributed by atoms with Crippen molar-refractivity contribution in [2.24, 2.45) is 0 Å². The van der Waals surface area contributed by atoms with E-state index in [1.165, 1.54) is 13.2 Å². The summed E-state index contributed by atoms with van der Waals surface area (Å²) in [5.74, 6) is -1.83. The highest BCUT2D eigenvalue weighted by Crippen LogP contribution is 2.18. The number of halogens is 2. The van der Waals surface area contributed by atoms with Crippen molar-refractivity contribution >= 4 is 20.8 Å². The fourth-order valence-corrected chi connectivity index (χ4v) is 2.93. The van der Waals surface area contributed by atoms with Crippen LogP contribution in [0.2, 0.25) is 0 Å². The van der Waals surface area contributed by atoms with Gasteiger partial charge in [0.15, 0.2) is 0 Å². The van der Waals surface area contributed by atoms with Crippen molar-refractivity contribution in [3.8, 4) is 0 Å². The van der Waals surface area contributed by atoms with E-state index in [-0.39, 0.29) is 17.9 Å². The van der Waals surface area contributed by atoms with Crippen LogP contribution in [-0.4, -0.2) is 31.2 Å². The zero-order valence-corrected chi connectivity index (χ0v) is 11.5. The van der Waals surface area contributed by atoms with Crippen molar-refractivity contribution in [1.82, 2.24) is 4.72 Å². The first kappa shape index (κ1) is 15.2. The van der Waals surface area contributed by atoms with E-state index < -0.39 is 37.4 Å². The second-order valence-electron chi connectivity index (χ2n) is 3.71. The third-order valence-corrected chi connectivity index (χ3v) is 4.44. The summed E-state index contributed by atoms with van der Waals surface area (Å²) in [5.41, 5.74) is 0.0378. The molecule has 0 unspecified atom stereocenters. The molecule has 0 aliphatic carbocycles. The highest BCUT2D eigenvalue weighted by molar-refractivity contribution is 7.89. The molecule has 18 heavy (non-hydrogen) atoms. The van der Waals surface area contributed by atoms with Crippen LogP contribution < -0.4 is 4.72 Å². The molecule has 0 saturated heterocycles. The van der Waals surface area contributed by atoms with Gasteiger partial charge in [0.1, 0.15) is 16.5 Å². The molecule has 4 nitrogen and oxygen atoms in total. The van der Waals surface area contributed by atoms with Crippen LogP contribution in [0.4, 0.5) is 8.78 Å². The number of benzene rings is 1. The Hall–Kier alpha value is -0.860. The highest BCUT2D eigenvalue weighted by atomic mass is 32.2. The van der Waals surface area contributed by atoms with Gasteiger partial charge in [-0.15, -0.1) is 0 Å². The van der Waals surface area contributed by atoms with Crippen molar-refractivity contribution in [3.63, 3.8) is 0 Å². The zero-order valence-electron chi connectivity index (χ0n) is 9.87. The Morgan fingerprint density at radius 2 is 1.89 bits per heavy atom. The number of aryl methyl sites for hydroxylation is 1. The number of nitrogens with one attached hydrogen (secondary N) is 1. The minimum absolute atomic E-state index is 0.0378. The first-order chi connectivity index (χ1) is 8.24. The van der Waals surface area contributed by atoms with E-state index in [0.29, 0.717) is 6.07 Å². The van der Waals surface area contributed by atoms with Gasteiger partial charge in [0.05, 0.1) is 0 Å². The molecule has 1 aromatic carbocycles. The quantitative estimate of drug-likeness (QED) is 0.879. The monoisotopic (exact) mass is 297 g/mol. The van der Waals surface area contributed by atoms with Crippen LogP contribution in [0.25, 0.3) is 0 Å². The number of rotatable bonds is 5. The molecule has 0 heterocycles. The summed E-state index contributed by atoms with van der Waals surface area (Å²) in [7, 11) is -5.20. The first-order valence-electron chi connectivity index (χ1n) is 4.99. The second kappa shape index (κ2) is 5.85. The summed E-state index contributed by atoms with van der Waals surface area (Å²) >= 11 is 0. The van der Waals surface area contributed by atoms with Gasteiger partial charge in [0.2, 0.25) is 10.0 Å². The molecule has 0 radical (unpaired) electrons. The van der Waals surface area contributed by atoms with Crippen LogP contribution in [0.1, 0.15) is 5.56 Å². The summed E-state index contributed by atoms with van der Waals surface area (Å²) in [5, 5.41) is 0. The number of sulfonamides is 1. The molecule has 0 spiro atoms. The van der Waals surface area contributed by atoms with Gasteiger partial charge in [-0.25, -0.2) is 21.9 Å². The van der Waals surface area contributed by atoms with Crippen molar-refractivity contribution < 1.29 is 21.4 Å². The van der Waals surface area contributed by atoms with E-state index in [4.69, 9.17) is 0 Å². The van der Waals surface area contributed by atoms with Crippen molar-refractivity contribution in [1.29, 1.82) is 0 Å². The van der Waals surface area contributed by atoms with Crippen molar-refractivity contribution in [3.05, 3.63) is 29.3 Å². The zero-order chi connectivity index (χ0) is 13.9. The SMILES string of the molecule is Cc1cc(S(=O)(=O)NCC[S@@](C)=O)c(F)cc1F. The Labute approximate surface area is 107 Å². The average molecular weight is 297 g/mol. The van der Waals surface area contributed by atoms with Crippen LogP contribution in [0.15, 0.2) is 17.0 Å². The third kappa shape index (κ3) is 3.82. The minimum atomic E-state index is -4.05. The normalized spacial score (nSPS) is 13.6. The molecule has 0 bridgehead atoms. The maximum Gasteiger partial charge on any atom is 0.243 e. The predicted octanol–water partition coefficient (Wildman–Crippen LogP) is 0.930. The molecule has 0 aliphatic heterocycles. The molecule has 0 aliphatic rings. The lowest BCUT2D eigenvalue weighted by Crippen LogP contribution is -2.28. The minimum Gasteiger partial charge on any atom is -0.260 e. The van der Waals surface area contributed by atoms with Crippen molar-refractivity contribution in [2.45, 2.75) is 11.8 Å². The van der Waals surface area contributed by atoms with Gasteiger partial charge >= 0.3 is 0 Å². The van der Waals surface area contributed by atoms with Crippen LogP contribution in [0, 0.1) is 18.6 Å². The van der Waals surface area contributed by atoms with Gasteiger partial charge < -0.3 is 0 Å². The van der Waals surface area contributed by atoms with Crippen LogP contribution in [0.3, 0.4) is 0 Å². The van der Waals surface area contributed by atoms with E-state index in [0.717, 1.165) is 6.07 Å². The molecule has 0 saturated carbocycles. The van der Waals surface area contributed by atoms with E-state index in [1.54, 1.807) is 0 Å². The van der Waals surface area contributed by atoms with Gasteiger partial charge in [0, 0.05) is 35.4 Å². The summed E-state index contributed by atoms with van der Waals surface area (Å²) < 4.78 is 62.7. The molecule has 102 valence electrons. The Bertz CT molecular complexity index is 573. The van der Waals surface area contributed by atoms with Gasteiger partial charge in [-0.2, -0.15) is 0 Å². The molecule has 8 heteroatoms. The van der Waals surface area contributed by atoms with E-state index in [2.05, 4.69) is 4.72 Å². The van der Waals surface area contributed by atoms with Crippen molar-refractivity contribution in [2.75, 3.05) is 18.6 Å². The smallest absolute Gasteiger partial charge is 0.243 e. The van der Waals surface area contributed by atoms with Gasteiger partial charge in [-0.05, 0) is 18.6 Å². The first-order valence-corrected chi connectivity index (χ1v) is 8.20. The molecule has 1 atom stereocenters. The molecule has 0 aromatic heterocycles. The maximum absolute atomic E-state index is 13.4. The van der Waals surface area contributed by atoms with Crippen LogP contribution in [-0.2, 0) is 20.8 Å².